The van der Waals surface area contributed by atoms with E-state index in [0.717, 1.165) is 11.0 Å². The highest BCUT2D eigenvalue weighted by molar-refractivity contribution is 5.97. The summed E-state index contributed by atoms with van der Waals surface area (Å²) in [7, 11) is 0. The standard InChI is InChI=1S/C13H17N3O2/c1-3-18-7-9(2)16-13(17)10-4-5-11-12(6-10)15-8-14-11/h4-6,8-9H,3,7H2,1-2H3,(H,14,15)(H,16,17). The first kappa shape index (κ1) is 12.6. The Kier molecular flexibility index (Phi) is 3.94. The average molecular weight is 247 g/mol. The van der Waals surface area contributed by atoms with Gasteiger partial charge in [0.15, 0.2) is 0 Å². The molecule has 0 fully saturated rings. The van der Waals surface area contributed by atoms with Crippen molar-refractivity contribution in [2.24, 2.45) is 0 Å². The van der Waals surface area contributed by atoms with Gasteiger partial charge in [0, 0.05) is 18.2 Å². The molecule has 1 aromatic heterocycles. The Bertz CT molecular complexity index is 536. The topological polar surface area (TPSA) is 67.0 Å². The lowest BCUT2D eigenvalue weighted by Gasteiger charge is -2.13. The molecular formula is C13H17N3O2. The van der Waals surface area contributed by atoms with Crippen LogP contribution in [0.25, 0.3) is 11.0 Å². The fourth-order valence-electron chi connectivity index (χ4n) is 1.72. The van der Waals surface area contributed by atoms with E-state index in [-0.39, 0.29) is 11.9 Å². The number of hydrogen-bond acceptors (Lipinski definition) is 3. The SMILES string of the molecule is CCOCC(C)NC(=O)c1ccc2nc[nH]c2c1. The predicted molar refractivity (Wildman–Crippen MR) is 69.5 cm³/mol. The molecule has 0 aliphatic rings. The van der Waals surface area contributed by atoms with Gasteiger partial charge in [0.2, 0.25) is 0 Å². The van der Waals surface area contributed by atoms with Crippen LogP contribution < -0.4 is 5.32 Å². The van der Waals surface area contributed by atoms with Crippen molar-refractivity contribution in [1.29, 1.82) is 0 Å². The molecule has 1 unspecified atom stereocenters. The molecule has 0 saturated heterocycles. The van der Waals surface area contributed by atoms with E-state index >= 15 is 0 Å². The van der Waals surface area contributed by atoms with Crippen LogP contribution in [-0.4, -0.2) is 35.1 Å². The lowest BCUT2D eigenvalue weighted by Crippen LogP contribution is -2.35. The molecule has 0 aliphatic heterocycles. The maximum absolute atomic E-state index is 12.0. The zero-order chi connectivity index (χ0) is 13.0. The van der Waals surface area contributed by atoms with Crippen molar-refractivity contribution in [2.45, 2.75) is 19.9 Å². The summed E-state index contributed by atoms with van der Waals surface area (Å²) < 4.78 is 5.26. The van der Waals surface area contributed by atoms with Gasteiger partial charge in [-0.15, -0.1) is 0 Å². The van der Waals surface area contributed by atoms with Gasteiger partial charge in [-0.1, -0.05) is 0 Å². The number of aromatic nitrogens is 2. The zero-order valence-corrected chi connectivity index (χ0v) is 10.6. The lowest BCUT2D eigenvalue weighted by atomic mass is 10.2. The van der Waals surface area contributed by atoms with Crippen LogP contribution in [0.15, 0.2) is 24.5 Å². The van der Waals surface area contributed by atoms with E-state index in [1.807, 2.05) is 19.9 Å². The number of ether oxygens (including phenoxy) is 1. The van der Waals surface area contributed by atoms with Gasteiger partial charge in [-0.05, 0) is 32.0 Å². The van der Waals surface area contributed by atoms with Crippen LogP contribution in [0.1, 0.15) is 24.2 Å². The molecule has 2 aromatic rings. The molecule has 1 aromatic carbocycles. The molecular weight excluding hydrogens is 230 g/mol. The molecule has 0 aliphatic carbocycles. The van der Waals surface area contributed by atoms with Gasteiger partial charge in [0.1, 0.15) is 0 Å². The highest BCUT2D eigenvalue weighted by atomic mass is 16.5. The Morgan fingerprint density at radius 1 is 1.56 bits per heavy atom. The van der Waals surface area contributed by atoms with Crippen molar-refractivity contribution in [2.75, 3.05) is 13.2 Å². The average Bonchev–Trinajstić information content (AvgIpc) is 2.83. The van der Waals surface area contributed by atoms with Gasteiger partial charge in [0.25, 0.3) is 5.91 Å². The molecule has 0 spiro atoms. The maximum atomic E-state index is 12.0. The van der Waals surface area contributed by atoms with Crippen LogP contribution in [0.5, 0.6) is 0 Å². The second-order valence-corrected chi connectivity index (χ2v) is 4.17. The van der Waals surface area contributed by atoms with E-state index in [1.165, 1.54) is 0 Å². The summed E-state index contributed by atoms with van der Waals surface area (Å²) in [6.07, 6.45) is 1.62. The number of aromatic amines is 1. The first-order valence-corrected chi connectivity index (χ1v) is 6.02. The number of carbonyl (C=O) groups excluding carboxylic acids is 1. The molecule has 18 heavy (non-hydrogen) atoms. The summed E-state index contributed by atoms with van der Waals surface area (Å²) in [5, 5.41) is 2.89. The van der Waals surface area contributed by atoms with Gasteiger partial charge in [-0.25, -0.2) is 4.98 Å². The minimum absolute atomic E-state index is 0.00471. The minimum atomic E-state index is -0.0984. The van der Waals surface area contributed by atoms with Gasteiger partial charge in [-0.2, -0.15) is 0 Å². The number of nitrogens with zero attached hydrogens (tertiary/aromatic N) is 1. The predicted octanol–water partition coefficient (Wildman–Crippen LogP) is 1.72. The summed E-state index contributed by atoms with van der Waals surface area (Å²) in [4.78, 5) is 19.1. The Hall–Kier alpha value is -1.88. The summed E-state index contributed by atoms with van der Waals surface area (Å²) in [6.45, 7) is 5.03. The molecule has 5 heteroatoms. The Morgan fingerprint density at radius 2 is 2.39 bits per heavy atom. The number of fused-ring (bicyclic) bond motifs is 1. The van der Waals surface area contributed by atoms with E-state index in [4.69, 9.17) is 4.74 Å². The van der Waals surface area contributed by atoms with Crippen LogP contribution in [0.2, 0.25) is 0 Å². The fourth-order valence-corrected chi connectivity index (χ4v) is 1.72. The fraction of sp³-hybridized carbons (Fsp3) is 0.385. The molecule has 1 amide bonds. The van der Waals surface area contributed by atoms with Crippen LogP contribution in [-0.2, 0) is 4.74 Å². The molecule has 0 bridgehead atoms. The Morgan fingerprint density at radius 3 is 3.17 bits per heavy atom. The van der Waals surface area contributed by atoms with Crippen molar-refractivity contribution >= 4 is 16.9 Å². The van der Waals surface area contributed by atoms with E-state index < -0.39 is 0 Å². The normalized spacial score (nSPS) is 12.6. The molecule has 2 rings (SSSR count). The maximum Gasteiger partial charge on any atom is 0.251 e. The number of carbonyl (C=O) groups is 1. The number of amides is 1. The second kappa shape index (κ2) is 5.64. The molecule has 0 radical (unpaired) electrons. The minimum Gasteiger partial charge on any atom is -0.380 e. The lowest BCUT2D eigenvalue weighted by molar-refractivity contribution is 0.0872. The third-order valence-electron chi connectivity index (χ3n) is 2.63. The Balaban J connectivity index is 2.03. The van der Waals surface area contributed by atoms with Crippen LogP contribution in [0.3, 0.4) is 0 Å². The largest absolute Gasteiger partial charge is 0.380 e. The number of rotatable bonds is 5. The molecule has 96 valence electrons. The second-order valence-electron chi connectivity index (χ2n) is 4.17. The first-order valence-electron chi connectivity index (χ1n) is 6.02. The number of imidazole rings is 1. The summed E-state index contributed by atoms with van der Waals surface area (Å²) in [5.41, 5.74) is 2.34. The highest BCUT2D eigenvalue weighted by Crippen LogP contribution is 2.11. The van der Waals surface area contributed by atoms with Gasteiger partial charge in [-0.3, -0.25) is 4.79 Å². The molecule has 2 N–H and O–H groups in total. The van der Waals surface area contributed by atoms with Crippen molar-refractivity contribution in [3.63, 3.8) is 0 Å². The van der Waals surface area contributed by atoms with E-state index in [1.54, 1.807) is 18.5 Å². The monoisotopic (exact) mass is 247 g/mol. The third kappa shape index (κ3) is 2.87. The zero-order valence-electron chi connectivity index (χ0n) is 10.6. The third-order valence-corrected chi connectivity index (χ3v) is 2.63. The van der Waals surface area contributed by atoms with Crippen molar-refractivity contribution < 1.29 is 9.53 Å². The number of H-pyrrole nitrogens is 1. The van der Waals surface area contributed by atoms with Crippen LogP contribution in [0, 0.1) is 0 Å². The number of hydrogen-bond donors (Lipinski definition) is 2. The smallest absolute Gasteiger partial charge is 0.251 e. The van der Waals surface area contributed by atoms with Gasteiger partial charge < -0.3 is 15.0 Å². The first-order chi connectivity index (χ1) is 8.70. The molecule has 1 heterocycles. The van der Waals surface area contributed by atoms with E-state index in [2.05, 4.69) is 15.3 Å². The summed E-state index contributed by atoms with van der Waals surface area (Å²) in [6, 6.07) is 5.39. The molecule has 5 nitrogen and oxygen atoms in total. The summed E-state index contributed by atoms with van der Waals surface area (Å²) >= 11 is 0. The van der Waals surface area contributed by atoms with Crippen molar-refractivity contribution in [3.05, 3.63) is 30.1 Å². The van der Waals surface area contributed by atoms with Gasteiger partial charge >= 0.3 is 0 Å². The van der Waals surface area contributed by atoms with Gasteiger partial charge in [0.05, 0.1) is 24.0 Å². The summed E-state index contributed by atoms with van der Waals surface area (Å²) in [5.74, 6) is -0.0984. The Labute approximate surface area is 106 Å². The molecule has 1 atom stereocenters. The van der Waals surface area contributed by atoms with Crippen molar-refractivity contribution in [1.82, 2.24) is 15.3 Å². The number of benzene rings is 1. The van der Waals surface area contributed by atoms with Crippen molar-refractivity contribution in [3.8, 4) is 0 Å². The van der Waals surface area contributed by atoms with Crippen LogP contribution in [0.4, 0.5) is 0 Å². The highest BCUT2D eigenvalue weighted by Gasteiger charge is 2.10. The quantitative estimate of drug-likeness (QED) is 0.845. The van der Waals surface area contributed by atoms with E-state index in [0.29, 0.717) is 18.8 Å². The van der Waals surface area contributed by atoms with Crippen LogP contribution >= 0.6 is 0 Å². The number of nitrogens with one attached hydrogen (secondary N) is 2. The molecule has 0 saturated carbocycles. The van der Waals surface area contributed by atoms with E-state index in [9.17, 15) is 4.79 Å².